The molecular weight excluding hydrogens is 300 g/mol. The zero-order valence-electron chi connectivity index (χ0n) is 12.8. The van der Waals surface area contributed by atoms with E-state index >= 15 is 0 Å². The molecule has 0 spiro atoms. The average molecular weight is 320 g/mol. The molecule has 1 saturated heterocycles. The summed E-state index contributed by atoms with van der Waals surface area (Å²) in [6, 6.07) is 8.85. The van der Waals surface area contributed by atoms with Crippen LogP contribution in [0.5, 0.6) is 5.75 Å². The predicted molar refractivity (Wildman–Crippen MR) is 81.4 cm³/mol. The van der Waals surface area contributed by atoms with E-state index in [0.717, 1.165) is 0 Å². The SMILES string of the molecule is NC(=O)[C@@H]1CCCN(C(=O)COC(=O)COc2ccccc2)C1. The molecule has 7 nitrogen and oxygen atoms in total. The molecule has 1 aliphatic rings. The summed E-state index contributed by atoms with van der Waals surface area (Å²) in [5.74, 6) is -1.13. The summed E-state index contributed by atoms with van der Waals surface area (Å²) in [5, 5.41) is 0. The topological polar surface area (TPSA) is 98.9 Å². The van der Waals surface area contributed by atoms with Crippen LogP contribution in [0.15, 0.2) is 30.3 Å². The number of benzene rings is 1. The molecule has 0 radical (unpaired) electrons. The van der Waals surface area contributed by atoms with Gasteiger partial charge in [-0.05, 0) is 25.0 Å². The van der Waals surface area contributed by atoms with Gasteiger partial charge in [-0.25, -0.2) is 4.79 Å². The standard InChI is InChI=1S/C16H20N2O5/c17-16(21)12-5-4-8-18(9-12)14(19)10-23-15(20)11-22-13-6-2-1-3-7-13/h1-3,6-7,12H,4-5,8-11H2,(H2,17,21)/t12-/m1/s1. The maximum absolute atomic E-state index is 12.0. The monoisotopic (exact) mass is 320 g/mol. The highest BCUT2D eigenvalue weighted by Crippen LogP contribution is 2.16. The fourth-order valence-corrected chi connectivity index (χ4v) is 2.37. The summed E-state index contributed by atoms with van der Waals surface area (Å²) in [5.41, 5.74) is 5.27. The number of rotatable bonds is 6. The number of amides is 2. The Balaban J connectivity index is 1.71. The van der Waals surface area contributed by atoms with E-state index in [4.69, 9.17) is 15.2 Å². The Morgan fingerprint density at radius 1 is 1.17 bits per heavy atom. The number of carbonyl (C=O) groups is 3. The summed E-state index contributed by atoms with van der Waals surface area (Å²) >= 11 is 0. The Morgan fingerprint density at radius 2 is 1.91 bits per heavy atom. The summed E-state index contributed by atoms with van der Waals surface area (Å²) in [6.45, 7) is 0.205. The van der Waals surface area contributed by atoms with E-state index in [1.807, 2.05) is 6.07 Å². The van der Waals surface area contributed by atoms with Crippen molar-refractivity contribution in [2.75, 3.05) is 26.3 Å². The summed E-state index contributed by atoms with van der Waals surface area (Å²) in [7, 11) is 0. The van der Waals surface area contributed by atoms with Gasteiger partial charge in [0.2, 0.25) is 5.91 Å². The van der Waals surface area contributed by atoms with Crippen LogP contribution in [0.3, 0.4) is 0 Å². The van der Waals surface area contributed by atoms with E-state index in [2.05, 4.69) is 0 Å². The first-order valence-electron chi connectivity index (χ1n) is 7.47. The molecule has 7 heteroatoms. The van der Waals surface area contributed by atoms with E-state index < -0.39 is 11.9 Å². The molecule has 124 valence electrons. The second-order valence-electron chi connectivity index (χ2n) is 5.34. The van der Waals surface area contributed by atoms with E-state index in [0.29, 0.717) is 25.1 Å². The lowest BCUT2D eigenvalue weighted by Crippen LogP contribution is -2.45. The Hall–Kier alpha value is -2.57. The van der Waals surface area contributed by atoms with Crippen molar-refractivity contribution in [3.8, 4) is 5.75 Å². The Labute approximate surface area is 134 Å². The number of hydrogen-bond acceptors (Lipinski definition) is 5. The van der Waals surface area contributed by atoms with Crippen molar-refractivity contribution >= 4 is 17.8 Å². The highest BCUT2D eigenvalue weighted by Gasteiger charge is 2.27. The van der Waals surface area contributed by atoms with E-state index in [-0.39, 0.29) is 31.6 Å². The van der Waals surface area contributed by atoms with Crippen molar-refractivity contribution < 1.29 is 23.9 Å². The molecule has 1 aromatic carbocycles. The highest BCUT2D eigenvalue weighted by atomic mass is 16.6. The normalized spacial score (nSPS) is 17.4. The first-order chi connectivity index (χ1) is 11.1. The van der Waals surface area contributed by atoms with Gasteiger partial charge in [0.15, 0.2) is 13.2 Å². The number of ether oxygens (including phenoxy) is 2. The lowest BCUT2D eigenvalue weighted by atomic mass is 9.97. The Kier molecular flexibility index (Phi) is 5.96. The molecule has 0 bridgehead atoms. The smallest absolute Gasteiger partial charge is 0.344 e. The van der Waals surface area contributed by atoms with Crippen molar-refractivity contribution in [2.45, 2.75) is 12.8 Å². The van der Waals surface area contributed by atoms with Gasteiger partial charge in [0.1, 0.15) is 5.75 Å². The third-order valence-electron chi connectivity index (χ3n) is 3.63. The summed E-state index contributed by atoms with van der Waals surface area (Å²) < 4.78 is 10.1. The van der Waals surface area contributed by atoms with Gasteiger partial charge >= 0.3 is 5.97 Å². The van der Waals surface area contributed by atoms with Crippen molar-refractivity contribution in [1.82, 2.24) is 4.90 Å². The average Bonchev–Trinajstić information content (AvgIpc) is 2.58. The zero-order chi connectivity index (χ0) is 16.7. The Bertz CT molecular complexity index is 561. The fourth-order valence-electron chi connectivity index (χ4n) is 2.37. The first-order valence-corrected chi connectivity index (χ1v) is 7.47. The maximum atomic E-state index is 12.0. The van der Waals surface area contributed by atoms with Crippen LogP contribution in [0, 0.1) is 5.92 Å². The van der Waals surface area contributed by atoms with Gasteiger partial charge in [-0.2, -0.15) is 0 Å². The van der Waals surface area contributed by atoms with Gasteiger partial charge in [0.25, 0.3) is 5.91 Å². The van der Waals surface area contributed by atoms with Crippen molar-refractivity contribution in [1.29, 1.82) is 0 Å². The molecule has 0 unspecified atom stereocenters. The van der Waals surface area contributed by atoms with Crippen molar-refractivity contribution in [2.24, 2.45) is 11.7 Å². The van der Waals surface area contributed by atoms with Gasteiger partial charge in [0.05, 0.1) is 5.92 Å². The van der Waals surface area contributed by atoms with Crippen LogP contribution in [0.1, 0.15) is 12.8 Å². The highest BCUT2D eigenvalue weighted by molar-refractivity contribution is 5.82. The quantitative estimate of drug-likeness (QED) is 0.762. The molecule has 1 heterocycles. The molecule has 1 aliphatic heterocycles. The van der Waals surface area contributed by atoms with Crippen LogP contribution in [0.4, 0.5) is 0 Å². The Morgan fingerprint density at radius 3 is 2.61 bits per heavy atom. The molecule has 23 heavy (non-hydrogen) atoms. The largest absolute Gasteiger partial charge is 0.482 e. The van der Waals surface area contributed by atoms with Crippen LogP contribution >= 0.6 is 0 Å². The maximum Gasteiger partial charge on any atom is 0.344 e. The molecule has 0 aliphatic carbocycles. The zero-order valence-corrected chi connectivity index (χ0v) is 12.8. The number of nitrogens with zero attached hydrogens (tertiary/aromatic N) is 1. The van der Waals surface area contributed by atoms with Gasteiger partial charge in [-0.3, -0.25) is 9.59 Å². The minimum absolute atomic E-state index is 0.263. The predicted octanol–water partition coefficient (Wildman–Crippen LogP) is 0.333. The number of likely N-dealkylation sites (tertiary alicyclic amines) is 1. The minimum atomic E-state index is -0.620. The van der Waals surface area contributed by atoms with E-state index in [1.54, 1.807) is 24.3 Å². The lowest BCUT2D eigenvalue weighted by molar-refractivity contribution is -0.154. The number of para-hydroxylation sites is 1. The van der Waals surface area contributed by atoms with Crippen LogP contribution in [-0.2, 0) is 19.1 Å². The minimum Gasteiger partial charge on any atom is -0.482 e. The molecule has 1 atom stereocenters. The molecule has 2 rings (SSSR count). The molecule has 2 amide bonds. The first kappa shape index (κ1) is 16.8. The lowest BCUT2D eigenvalue weighted by Gasteiger charge is -2.31. The molecular formula is C16H20N2O5. The van der Waals surface area contributed by atoms with Crippen LogP contribution in [-0.4, -0.2) is 49.0 Å². The molecule has 0 aromatic heterocycles. The third kappa shape index (κ3) is 5.28. The fraction of sp³-hybridized carbons (Fsp3) is 0.438. The van der Waals surface area contributed by atoms with Crippen LogP contribution in [0.2, 0.25) is 0 Å². The number of esters is 1. The number of carbonyl (C=O) groups excluding carboxylic acids is 3. The third-order valence-corrected chi connectivity index (χ3v) is 3.63. The van der Waals surface area contributed by atoms with E-state index in [9.17, 15) is 14.4 Å². The second-order valence-corrected chi connectivity index (χ2v) is 5.34. The second kappa shape index (κ2) is 8.17. The van der Waals surface area contributed by atoms with Crippen LogP contribution in [0.25, 0.3) is 0 Å². The molecule has 1 aromatic rings. The van der Waals surface area contributed by atoms with E-state index in [1.165, 1.54) is 4.90 Å². The van der Waals surface area contributed by atoms with Crippen molar-refractivity contribution in [3.05, 3.63) is 30.3 Å². The number of primary amides is 1. The van der Waals surface area contributed by atoms with Gasteiger partial charge in [-0.1, -0.05) is 18.2 Å². The number of piperidine rings is 1. The summed E-state index contributed by atoms with van der Waals surface area (Å²) in [6.07, 6.45) is 1.40. The number of hydrogen-bond donors (Lipinski definition) is 1. The molecule has 2 N–H and O–H groups in total. The number of nitrogens with two attached hydrogens (primary N) is 1. The summed E-state index contributed by atoms with van der Waals surface area (Å²) in [4.78, 5) is 36.3. The van der Waals surface area contributed by atoms with Gasteiger partial charge in [-0.15, -0.1) is 0 Å². The molecule has 1 fully saturated rings. The van der Waals surface area contributed by atoms with Crippen molar-refractivity contribution in [3.63, 3.8) is 0 Å². The van der Waals surface area contributed by atoms with Gasteiger partial charge in [0, 0.05) is 13.1 Å². The van der Waals surface area contributed by atoms with Crippen LogP contribution < -0.4 is 10.5 Å². The molecule has 0 saturated carbocycles. The van der Waals surface area contributed by atoms with Gasteiger partial charge < -0.3 is 20.1 Å².